The van der Waals surface area contributed by atoms with Gasteiger partial charge in [0.05, 0.1) is 0 Å². The van der Waals surface area contributed by atoms with Crippen molar-refractivity contribution in [3.05, 3.63) is 128 Å². The molecule has 4 aromatic rings. The number of hydrogen-bond acceptors (Lipinski definition) is 0. The van der Waals surface area contributed by atoms with Crippen LogP contribution in [-0.2, 0) is 22.8 Å². The molecule has 2 aliphatic rings. The van der Waals surface area contributed by atoms with Crippen LogP contribution in [0.2, 0.25) is 9.26 Å². The number of allylic oxidation sites excluding steroid dienone is 2. The summed E-state index contributed by atoms with van der Waals surface area (Å²) in [5.41, 5.74) is 20.6. The molecule has 248 valence electrons. The van der Waals surface area contributed by atoms with Gasteiger partial charge in [0.1, 0.15) is 0 Å². The summed E-state index contributed by atoms with van der Waals surface area (Å²) in [5.74, 6) is 0.505. The second kappa shape index (κ2) is 13.1. The molecule has 0 nitrogen and oxygen atoms in total. The summed E-state index contributed by atoms with van der Waals surface area (Å²) in [6.07, 6.45) is 5.18. The normalized spacial score (nSPS) is 17.4. The van der Waals surface area contributed by atoms with E-state index in [4.69, 9.17) is 0 Å². The van der Waals surface area contributed by atoms with E-state index < -0.39 is 17.4 Å². The second-order valence-corrected chi connectivity index (χ2v) is 47.1. The van der Waals surface area contributed by atoms with E-state index in [1.54, 1.807) is 22.3 Å². The van der Waals surface area contributed by atoms with E-state index in [-0.39, 0.29) is 30.2 Å². The summed E-state index contributed by atoms with van der Waals surface area (Å²) in [7, 11) is 0. The van der Waals surface area contributed by atoms with Gasteiger partial charge < -0.3 is 0 Å². The van der Waals surface area contributed by atoms with Gasteiger partial charge in [0.15, 0.2) is 0 Å². The Morgan fingerprint density at radius 1 is 0.660 bits per heavy atom. The van der Waals surface area contributed by atoms with Crippen molar-refractivity contribution in [2.45, 2.75) is 84.2 Å². The summed E-state index contributed by atoms with van der Waals surface area (Å²) in [6.45, 7) is 23.5. The minimum Gasteiger partial charge on any atom is -0.147 e. The molecule has 0 saturated heterocycles. The number of hydrogen-bond donors (Lipinski definition) is 0. The first-order valence-corrected chi connectivity index (χ1v) is 30.6. The Kier molecular flexibility index (Phi) is 10.5. The van der Waals surface area contributed by atoms with Crippen LogP contribution in [0.1, 0.15) is 93.3 Å². The van der Waals surface area contributed by atoms with Crippen LogP contribution in [0.4, 0.5) is 0 Å². The molecule has 2 unspecified atom stereocenters. The molecule has 0 bridgehead atoms. The first-order valence-electron chi connectivity index (χ1n) is 16.9. The molecule has 0 amide bonds. The van der Waals surface area contributed by atoms with E-state index in [1.807, 2.05) is 0 Å². The summed E-state index contributed by atoms with van der Waals surface area (Å²) in [5, 5.41) is 0. The van der Waals surface area contributed by atoms with Gasteiger partial charge in [0, 0.05) is 0 Å². The average Bonchev–Trinajstić information content (AvgIpc) is 3.55. The van der Waals surface area contributed by atoms with E-state index in [2.05, 4.69) is 163 Å². The molecular weight excluding hydrogens is 707 g/mol. The van der Waals surface area contributed by atoms with Gasteiger partial charge in [-0.05, 0) is 0 Å². The average molecular weight is 761 g/mol. The molecule has 0 N–H and O–H groups in total. The maximum Gasteiger partial charge on any atom is -0.147 e. The maximum absolute atomic E-state index is 3.70. The Hall–Kier alpha value is -1.96. The van der Waals surface area contributed by atoms with Crippen molar-refractivity contribution in [3.8, 4) is 22.3 Å². The van der Waals surface area contributed by atoms with E-state index in [0.29, 0.717) is 13.2 Å². The fourth-order valence-corrected chi connectivity index (χ4v) is 29.5. The van der Waals surface area contributed by atoms with Crippen molar-refractivity contribution >= 4 is 43.8 Å². The molecule has 47 heavy (non-hydrogen) atoms. The molecule has 0 spiro atoms. The SMILES string of the molecule is CC1=Cc2c(-c3ccc(C(C)(C)C)cc3)ccc(C)c2[CH]1[Zr]([CH3])([CH3])(=[SiH2])[CH]1C(C(C)C)=Cc2c(-c3cccc(C)c3C)cccc21.Cl.Cl. The first kappa shape index (κ1) is 37.9. The molecule has 2 aliphatic carbocycles. The number of aryl methyl sites for hydroxylation is 2. The smallest absolute Gasteiger partial charge is 0.147 e. The summed E-state index contributed by atoms with van der Waals surface area (Å²) in [4.78, 5) is 0. The molecule has 4 aromatic carbocycles. The number of halogens is 2. The Bertz CT molecular complexity index is 1980. The third kappa shape index (κ3) is 6.31. The van der Waals surface area contributed by atoms with Crippen LogP contribution < -0.4 is 0 Å². The second-order valence-electron chi connectivity index (χ2n) is 16.6. The molecule has 0 radical (unpaired) electrons. The monoisotopic (exact) mass is 758 g/mol. The van der Waals surface area contributed by atoms with Crippen molar-refractivity contribution in [2.75, 3.05) is 0 Å². The zero-order valence-electron chi connectivity index (χ0n) is 30.3. The van der Waals surface area contributed by atoms with E-state index in [9.17, 15) is 0 Å². The fraction of sp³-hybridized carbons (Fsp3) is 0.349. The first-order chi connectivity index (χ1) is 21.0. The van der Waals surface area contributed by atoms with Crippen LogP contribution in [0.15, 0.2) is 83.9 Å². The number of benzene rings is 4. The molecule has 4 heteroatoms. The van der Waals surface area contributed by atoms with E-state index >= 15 is 0 Å². The maximum atomic E-state index is 2.78. The topological polar surface area (TPSA) is 0 Å². The van der Waals surface area contributed by atoms with Crippen molar-refractivity contribution in [2.24, 2.45) is 5.92 Å². The van der Waals surface area contributed by atoms with Crippen LogP contribution in [0.5, 0.6) is 0 Å². The molecule has 0 aliphatic heterocycles. The summed E-state index contributed by atoms with van der Waals surface area (Å²) >= 11 is -3.70. The quantitative estimate of drug-likeness (QED) is 0.178. The third-order valence-corrected chi connectivity index (χ3v) is 28.8. The Morgan fingerprint density at radius 2 is 1.28 bits per heavy atom. The Balaban J connectivity index is 0.00000250. The van der Waals surface area contributed by atoms with Gasteiger partial charge >= 0.3 is 277 Å². The van der Waals surface area contributed by atoms with Crippen molar-refractivity contribution in [1.29, 1.82) is 0 Å². The van der Waals surface area contributed by atoms with Crippen LogP contribution in [0, 0.1) is 26.7 Å². The van der Waals surface area contributed by atoms with Gasteiger partial charge in [-0.2, -0.15) is 0 Å². The van der Waals surface area contributed by atoms with Crippen LogP contribution in [0.3, 0.4) is 0 Å². The van der Waals surface area contributed by atoms with Gasteiger partial charge in [-0.25, -0.2) is 0 Å². The molecule has 0 saturated carbocycles. The molecular formula is C43H54Cl2SiZr. The third-order valence-electron chi connectivity index (χ3n) is 11.2. The van der Waals surface area contributed by atoms with Gasteiger partial charge in [0.25, 0.3) is 0 Å². The predicted molar refractivity (Wildman–Crippen MR) is 213 cm³/mol. The van der Waals surface area contributed by atoms with Crippen LogP contribution in [-0.4, -0.2) is 6.88 Å². The van der Waals surface area contributed by atoms with Crippen LogP contribution in [0.25, 0.3) is 34.4 Å². The van der Waals surface area contributed by atoms with Crippen molar-refractivity contribution in [1.82, 2.24) is 0 Å². The molecule has 0 aromatic heterocycles. The van der Waals surface area contributed by atoms with E-state index in [0.717, 1.165) is 0 Å². The van der Waals surface area contributed by atoms with Gasteiger partial charge in [0.2, 0.25) is 0 Å². The summed E-state index contributed by atoms with van der Waals surface area (Å²) < 4.78 is 6.58. The summed E-state index contributed by atoms with van der Waals surface area (Å²) in [6, 6.07) is 28.1. The minimum absolute atomic E-state index is 0. The largest absolute Gasteiger partial charge is 0.147 e. The standard InChI is InChI=1S/C21H23.C20H21.2CH3.2ClH.H2Si.Zr/c1-14-12-19-15(2)6-11-18(20(19)13-14)16-7-9-17(10-8-16)21(3,4)5;1-13(2)17-11-16-8-6-10-19(20(16)12-17)18-9-5-7-14(3)15(18)4;;;;;;/h6-13H,1-5H3;5-13H,1-4H3;2*1H3;2*1H;1H2;. The number of fused-ring (bicyclic) bond motifs is 2. The van der Waals surface area contributed by atoms with Crippen molar-refractivity contribution < 1.29 is 17.4 Å². The molecule has 2 atom stereocenters. The Labute approximate surface area is 299 Å². The Morgan fingerprint density at radius 3 is 1.89 bits per heavy atom. The van der Waals surface area contributed by atoms with Gasteiger partial charge in [-0.3, -0.25) is 0 Å². The predicted octanol–water partition coefficient (Wildman–Crippen LogP) is 12.7. The minimum atomic E-state index is -3.70. The van der Waals surface area contributed by atoms with Gasteiger partial charge in [-0.1, -0.05) is 0 Å². The zero-order chi connectivity index (χ0) is 32.7. The fourth-order valence-electron chi connectivity index (χ4n) is 8.87. The molecule has 6 rings (SSSR count). The number of rotatable bonds is 5. The molecule has 0 heterocycles. The van der Waals surface area contributed by atoms with Gasteiger partial charge in [-0.15, -0.1) is 24.8 Å². The van der Waals surface area contributed by atoms with Crippen molar-refractivity contribution in [3.63, 3.8) is 0 Å². The van der Waals surface area contributed by atoms with Crippen LogP contribution >= 0.6 is 24.8 Å². The zero-order valence-corrected chi connectivity index (χ0v) is 35.8. The van der Waals surface area contributed by atoms with E-state index in [1.165, 1.54) is 55.6 Å². The molecule has 0 fully saturated rings.